The van der Waals surface area contributed by atoms with Crippen molar-refractivity contribution in [2.45, 2.75) is 6.61 Å². The summed E-state index contributed by atoms with van der Waals surface area (Å²) >= 11 is 5.85. The molecular weight excluding hydrogens is 267 g/mol. The van der Waals surface area contributed by atoms with Gasteiger partial charge in [-0.05, 0) is 17.7 Å². The van der Waals surface area contributed by atoms with Crippen molar-refractivity contribution in [2.24, 2.45) is 5.73 Å². The largest absolute Gasteiger partial charge is 0.484 e. The van der Waals surface area contributed by atoms with Gasteiger partial charge in [0.2, 0.25) is 0 Å². The Morgan fingerprint density at radius 3 is 2.47 bits per heavy atom. The number of amidine groups is 1. The number of rotatable bonds is 4. The molecule has 0 aromatic heterocycles. The van der Waals surface area contributed by atoms with Crippen LogP contribution in [0.2, 0.25) is 5.02 Å². The monoisotopic (exact) mass is 278 g/mol. The van der Waals surface area contributed by atoms with Crippen LogP contribution in [0, 0.1) is 11.2 Å². The molecule has 2 aromatic rings. The van der Waals surface area contributed by atoms with Gasteiger partial charge in [0.15, 0.2) is 11.6 Å². The van der Waals surface area contributed by atoms with E-state index in [1.54, 1.807) is 30.3 Å². The number of ether oxygens (including phenoxy) is 1. The first-order valence-electron chi connectivity index (χ1n) is 5.58. The van der Waals surface area contributed by atoms with E-state index < -0.39 is 5.82 Å². The average Bonchev–Trinajstić information content (AvgIpc) is 2.38. The number of nitrogens with two attached hydrogens (primary N) is 1. The molecule has 2 rings (SSSR count). The summed E-state index contributed by atoms with van der Waals surface area (Å²) in [4.78, 5) is 0. The van der Waals surface area contributed by atoms with Crippen LogP contribution in [0.3, 0.4) is 0 Å². The molecule has 0 saturated carbocycles. The van der Waals surface area contributed by atoms with Crippen molar-refractivity contribution >= 4 is 17.4 Å². The maximum atomic E-state index is 13.5. The molecule has 0 atom stereocenters. The summed E-state index contributed by atoms with van der Waals surface area (Å²) in [6.07, 6.45) is 0. The lowest BCUT2D eigenvalue weighted by Gasteiger charge is -2.09. The van der Waals surface area contributed by atoms with Crippen molar-refractivity contribution in [3.8, 4) is 5.75 Å². The lowest BCUT2D eigenvalue weighted by molar-refractivity contribution is 0.290. The highest BCUT2D eigenvalue weighted by atomic mass is 35.5. The van der Waals surface area contributed by atoms with E-state index in [0.717, 1.165) is 5.56 Å². The van der Waals surface area contributed by atoms with Gasteiger partial charge in [0, 0.05) is 5.56 Å². The van der Waals surface area contributed by atoms with Crippen LogP contribution >= 0.6 is 11.6 Å². The zero-order valence-corrected chi connectivity index (χ0v) is 10.7. The van der Waals surface area contributed by atoms with E-state index in [2.05, 4.69) is 0 Å². The van der Waals surface area contributed by atoms with E-state index in [1.165, 1.54) is 12.1 Å². The first-order valence-corrected chi connectivity index (χ1v) is 5.96. The van der Waals surface area contributed by atoms with E-state index in [0.29, 0.717) is 5.56 Å². The van der Waals surface area contributed by atoms with Gasteiger partial charge in [-0.2, -0.15) is 0 Å². The Balaban J connectivity index is 2.08. The Bertz CT molecular complexity index is 579. The summed E-state index contributed by atoms with van der Waals surface area (Å²) in [7, 11) is 0. The van der Waals surface area contributed by atoms with Crippen molar-refractivity contribution in [3.63, 3.8) is 0 Å². The lowest BCUT2D eigenvalue weighted by Crippen LogP contribution is -2.10. The van der Waals surface area contributed by atoms with Gasteiger partial charge in [0.1, 0.15) is 12.4 Å². The van der Waals surface area contributed by atoms with Gasteiger partial charge in [0.05, 0.1) is 5.02 Å². The van der Waals surface area contributed by atoms with Crippen LogP contribution in [0.5, 0.6) is 5.75 Å². The Kier molecular flexibility index (Phi) is 4.02. The van der Waals surface area contributed by atoms with Crippen LogP contribution in [0.1, 0.15) is 11.1 Å². The second kappa shape index (κ2) is 5.71. The molecule has 0 aliphatic heterocycles. The fraction of sp³-hybridized carbons (Fsp3) is 0.0714. The predicted octanol–water partition coefficient (Wildman–Crippen LogP) is 3.34. The van der Waals surface area contributed by atoms with Crippen molar-refractivity contribution in [2.75, 3.05) is 0 Å². The summed E-state index contributed by atoms with van der Waals surface area (Å²) in [6.45, 7) is 0.193. The molecule has 0 radical (unpaired) electrons. The molecule has 98 valence electrons. The smallest absolute Gasteiger partial charge is 0.174 e. The molecule has 0 saturated heterocycles. The third kappa shape index (κ3) is 3.23. The van der Waals surface area contributed by atoms with Crippen LogP contribution in [-0.4, -0.2) is 5.84 Å². The van der Waals surface area contributed by atoms with Gasteiger partial charge < -0.3 is 10.5 Å². The number of para-hydroxylation sites is 1. The van der Waals surface area contributed by atoms with Crippen molar-refractivity contribution < 1.29 is 9.13 Å². The average molecular weight is 279 g/mol. The number of hydrogen-bond acceptors (Lipinski definition) is 2. The van der Waals surface area contributed by atoms with Gasteiger partial charge in [-0.25, -0.2) is 4.39 Å². The number of benzene rings is 2. The molecule has 0 aliphatic rings. The fourth-order valence-corrected chi connectivity index (χ4v) is 1.77. The summed E-state index contributed by atoms with van der Waals surface area (Å²) in [5.74, 6) is -0.447. The fourth-order valence-electron chi connectivity index (χ4n) is 1.56. The Morgan fingerprint density at radius 1 is 1.21 bits per heavy atom. The quantitative estimate of drug-likeness (QED) is 0.666. The van der Waals surface area contributed by atoms with E-state index in [9.17, 15) is 4.39 Å². The molecule has 3 nitrogen and oxygen atoms in total. The summed E-state index contributed by atoms with van der Waals surface area (Å²) in [5, 5.41) is 7.51. The molecule has 0 spiro atoms. The van der Waals surface area contributed by atoms with Gasteiger partial charge in [-0.1, -0.05) is 41.9 Å². The maximum absolute atomic E-state index is 13.5. The number of nitrogen functional groups attached to an aromatic ring is 1. The second-order valence-electron chi connectivity index (χ2n) is 3.95. The number of hydrogen-bond donors (Lipinski definition) is 2. The van der Waals surface area contributed by atoms with Crippen LogP contribution < -0.4 is 10.5 Å². The van der Waals surface area contributed by atoms with Crippen LogP contribution in [0.15, 0.2) is 42.5 Å². The standard InChI is InChI=1S/C14H12ClFN2O/c15-11-2-1-3-12(16)13(11)19-8-9-4-6-10(7-5-9)14(17)18/h1-7H,8H2,(H3,17,18). The molecule has 0 fully saturated rings. The molecule has 5 heteroatoms. The predicted molar refractivity (Wildman–Crippen MR) is 73.2 cm³/mol. The first kappa shape index (κ1) is 13.4. The van der Waals surface area contributed by atoms with E-state index in [4.69, 9.17) is 27.5 Å². The molecule has 0 unspecified atom stereocenters. The molecule has 19 heavy (non-hydrogen) atoms. The molecule has 0 heterocycles. The maximum Gasteiger partial charge on any atom is 0.174 e. The second-order valence-corrected chi connectivity index (χ2v) is 4.36. The van der Waals surface area contributed by atoms with Crippen LogP contribution in [-0.2, 0) is 6.61 Å². The van der Waals surface area contributed by atoms with E-state index in [1.807, 2.05) is 0 Å². The summed E-state index contributed by atoms with van der Waals surface area (Å²) in [5.41, 5.74) is 6.82. The molecule has 3 N–H and O–H groups in total. The van der Waals surface area contributed by atoms with Gasteiger partial charge >= 0.3 is 0 Å². The van der Waals surface area contributed by atoms with Crippen molar-refractivity contribution in [1.82, 2.24) is 0 Å². The van der Waals surface area contributed by atoms with Gasteiger partial charge in [-0.3, -0.25) is 5.41 Å². The molecular formula is C14H12ClFN2O. The van der Waals surface area contributed by atoms with Crippen molar-refractivity contribution in [1.29, 1.82) is 5.41 Å². The minimum absolute atomic E-state index is 0.00427. The highest BCUT2D eigenvalue weighted by molar-refractivity contribution is 6.32. The van der Waals surface area contributed by atoms with Crippen LogP contribution in [0.4, 0.5) is 4.39 Å². The molecule has 0 amide bonds. The Hall–Kier alpha value is -2.07. The third-order valence-corrected chi connectivity index (χ3v) is 2.86. The van der Waals surface area contributed by atoms with Gasteiger partial charge in [0.25, 0.3) is 0 Å². The highest BCUT2D eigenvalue weighted by Crippen LogP contribution is 2.27. The lowest BCUT2D eigenvalue weighted by atomic mass is 10.1. The van der Waals surface area contributed by atoms with E-state index >= 15 is 0 Å². The summed E-state index contributed by atoms with van der Waals surface area (Å²) < 4.78 is 18.8. The minimum Gasteiger partial charge on any atom is -0.484 e. The Morgan fingerprint density at radius 2 is 1.89 bits per heavy atom. The number of nitrogens with one attached hydrogen (secondary N) is 1. The Labute approximate surface area is 115 Å². The molecule has 2 aromatic carbocycles. The zero-order chi connectivity index (χ0) is 13.8. The van der Waals surface area contributed by atoms with Crippen LogP contribution in [0.25, 0.3) is 0 Å². The summed E-state index contributed by atoms with van der Waals surface area (Å²) in [6, 6.07) is 11.3. The van der Waals surface area contributed by atoms with Gasteiger partial charge in [-0.15, -0.1) is 0 Å². The highest BCUT2D eigenvalue weighted by Gasteiger charge is 2.08. The molecule has 0 aliphatic carbocycles. The van der Waals surface area contributed by atoms with Crippen molar-refractivity contribution in [3.05, 3.63) is 64.4 Å². The molecule has 0 bridgehead atoms. The van der Waals surface area contributed by atoms with E-state index in [-0.39, 0.29) is 23.2 Å². The third-order valence-electron chi connectivity index (χ3n) is 2.57. The normalized spacial score (nSPS) is 10.2. The number of halogens is 2. The first-order chi connectivity index (χ1) is 9.08. The zero-order valence-electron chi connectivity index (χ0n) is 9.99. The SMILES string of the molecule is N=C(N)c1ccc(COc2c(F)cccc2Cl)cc1. The minimum atomic E-state index is -0.493. The topological polar surface area (TPSA) is 59.1 Å².